The van der Waals surface area contributed by atoms with Crippen molar-refractivity contribution in [3.8, 4) is 10.4 Å². The Morgan fingerprint density at radius 3 is 2.62 bits per heavy atom. The molecule has 2 aromatic heterocycles. The van der Waals surface area contributed by atoms with Crippen LogP contribution in [-0.4, -0.2) is 15.0 Å². The highest BCUT2D eigenvalue weighted by Gasteiger charge is 2.01. The van der Waals surface area contributed by atoms with Crippen LogP contribution in [0.25, 0.3) is 10.4 Å². The average molecular weight is 194 g/mol. The van der Waals surface area contributed by atoms with Crippen molar-refractivity contribution in [2.45, 2.75) is 0 Å². The lowest BCUT2D eigenvalue weighted by atomic mass is 10.3. The van der Waals surface area contributed by atoms with Gasteiger partial charge in [0.2, 0.25) is 5.95 Å². The minimum Gasteiger partial charge on any atom is -0.368 e. The summed E-state index contributed by atoms with van der Waals surface area (Å²) in [6.07, 6.45) is 4.80. The van der Waals surface area contributed by atoms with E-state index in [0.29, 0.717) is 0 Å². The molecule has 6 heteroatoms. The van der Waals surface area contributed by atoms with Gasteiger partial charge in [-0.05, 0) is 0 Å². The Balaban J connectivity index is 2.47. The molecule has 0 unspecified atom stereocenters. The van der Waals surface area contributed by atoms with E-state index in [-0.39, 0.29) is 10.8 Å². The van der Waals surface area contributed by atoms with Crippen molar-refractivity contribution in [1.82, 2.24) is 15.0 Å². The fourth-order valence-electron chi connectivity index (χ4n) is 0.891. The molecule has 0 spiro atoms. The molecule has 5 nitrogen and oxygen atoms in total. The summed E-state index contributed by atoms with van der Waals surface area (Å²) in [4.78, 5) is 21.7. The monoisotopic (exact) mass is 194 g/mol. The fraction of sp³-hybridized carbons (Fsp3) is 0. The minimum atomic E-state index is -0.0909. The smallest absolute Gasteiger partial charge is 0.305 e. The predicted molar refractivity (Wildman–Crippen MR) is 50.4 cm³/mol. The Kier molecular flexibility index (Phi) is 1.82. The SMILES string of the molecule is Nc1ncc(-c2c[nH]c(=O)s2)cn1. The quantitative estimate of drug-likeness (QED) is 0.691. The van der Waals surface area contributed by atoms with Crippen LogP contribution in [0.5, 0.6) is 0 Å². The molecule has 0 aliphatic carbocycles. The molecule has 2 rings (SSSR count). The maximum absolute atomic E-state index is 10.8. The Morgan fingerprint density at radius 2 is 2.08 bits per heavy atom. The van der Waals surface area contributed by atoms with E-state index in [2.05, 4.69) is 15.0 Å². The molecule has 0 amide bonds. The van der Waals surface area contributed by atoms with E-state index < -0.39 is 0 Å². The number of aromatic amines is 1. The molecule has 0 aliphatic heterocycles. The van der Waals surface area contributed by atoms with E-state index in [0.717, 1.165) is 21.8 Å². The lowest BCUT2D eigenvalue weighted by Gasteiger charge is -1.94. The van der Waals surface area contributed by atoms with Crippen molar-refractivity contribution in [3.63, 3.8) is 0 Å². The second kappa shape index (κ2) is 2.98. The van der Waals surface area contributed by atoms with Crippen molar-refractivity contribution in [2.75, 3.05) is 5.73 Å². The Morgan fingerprint density at radius 1 is 1.38 bits per heavy atom. The van der Waals surface area contributed by atoms with E-state index in [1.165, 1.54) is 0 Å². The Labute approximate surface area is 77.3 Å². The van der Waals surface area contributed by atoms with Crippen LogP contribution in [0, 0.1) is 0 Å². The summed E-state index contributed by atoms with van der Waals surface area (Å²) < 4.78 is 0. The number of nitrogens with one attached hydrogen (secondary N) is 1. The zero-order valence-electron chi connectivity index (χ0n) is 6.52. The first-order chi connectivity index (χ1) is 6.25. The number of nitrogens with zero attached hydrogens (tertiary/aromatic N) is 2. The van der Waals surface area contributed by atoms with Crippen LogP contribution < -0.4 is 10.6 Å². The highest BCUT2D eigenvalue weighted by atomic mass is 32.1. The number of hydrogen-bond acceptors (Lipinski definition) is 5. The molecule has 66 valence electrons. The minimum absolute atomic E-state index is 0.0909. The number of hydrogen-bond donors (Lipinski definition) is 2. The zero-order valence-corrected chi connectivity index (χ0v) is 7.34. The fourth-order valence-corrected chi connectivity index (χ4v) is 1.55. The largest absolute Gasteiger partial charge is 0.368 e. The third kappa shape index (κ3) is 1.57. The highest BCUT2D eigenvalue weighted by molar-refractivity contribution is 7.12. The van der Waals surface area contributed by atoms with Gasteiger partial charge in [-0.15, -0.1) is 0 Å². The predicted octanol–water partition coefficient (Wildman–Crippen LogP) is 0.476. The van der Waals surface area contributed by atoms with Crippen molar-refractivity contribution < 1.29 is 0 Å². The van der Waals surface area contributed by atoms with Gasteiger partial charge >= 0.3 is 4.87 Å². The maximum atomic E-state index is 10.8. The van der Waals surface area contributed by atoms with Crippen LogP contribution in [0.2, 0.25) is 0 Å². The lowest BCUT2D eigenvalue weighted by molar-refractivity contribution is 1.19. The van der Waals surface area contributed by atoms with Gasteiger partial charge in [-0.2, -0.15) is 0 Å². The molecule has 0 fully saturated rings. The summed E-state index contributed by atoms with van der Waals surface area (Å²) in [5.41, 5.74) is 6.11. The molecule has 0 aromatic carbocycles. The number of anilines is 1. The average Bonchev–Trinajstić information content (AvgIpc) is 2.53. The topological polar surface area (TPSA) is 84.7 Å². The molecule has 13 heavy (non-hydrogen) atoms. The molecule has 3 N–H and O–H groups in total. The third-order valence-corrected chi connectivity index (χ3v) is 2.36. The normalized spacial score (nSPS) is 10.2. The molecule has 0 radical (unpaired) electrons. The first kappa shape index (κ1) is 7.93. The van der Waals surface area contributed by atoms with Crippen LogP contribution in [0.3, 0.4) is 0 Å². The molecule has 0 aliphatic rings. The van der Waals surface area contributed by atoms with Gasteiger partial charge in [0.15, 0.2) is 0 Å². The number of rotatable bonds is 1. The van der Waals surface area contributed by atoms with Gasteiger partial charge in [0.25, 0.3) is 0 Å². The number of aromatic nitrogens is 3. The summed E-state index contributed by atoms with van der Waals surface area (Å²) >= 11 is 1.11. The van der Waals surface area contributed by atoms with Crippen molar-refractivity contribution >= 4 is 17.3 Å². The number of nitrogens with two attached hydrogens (primary N) is 1. The lowest BCUT2D eigenvalue weighted by Crippen LogP contribution is -1.92. The summed E-state index contributed by atoms with van der Waals surface area (Å²) in [6.45, 7) is 0. The van der Waals surface area contributed by atoms with Gasteiger partial charge in [0.05, 0.1) is 4.88 Å². The zero-order chi connectivity index (χ0) is 9.26. The van der Waals surface area contributed by atoms with Crippen molar-refractivity contribution in [3.05, 3.63) is 28.3 Å². The van der Waals surface area contributed by atoms with E-state index in [1.54, 1.807) is 18.6 Å². The van der Waals surface area contributed by atoms with Crippen LogP contribution in [-0.2, 0) is 0 Å². The second-order valence-corrected chi connectivity index (χ2v) is 3.39. The van der Waals surface area contributed by atoms with Gasteiger partial charge in [0.1, 0.15) is 0 Å². The summed E-state index contributed by atoms with van der Waals surface area (Å²) in [7, 11) is 0. The molecular weight excluding hydrogens is 188 g/mol. The van der Waals surface area contributed by atoms with Crippen LogP contribution in [0.4, 0.5) is 5.95 Å². The van der Waals surface area contributed by atoms with Crippen molar-refractivity contribution in [2.24, 2.45) is 0 Å². The number of nitrogen functional groups attached to an aromatic ring is 1. The van der Waals surface area contributed by atoms with Gasteiger partial charge in [-0.25, -0.2) is 9.97 Å². The molecule has 0 saturated heterocycles. The van der Waals surface area contributed by atoms with Crippen LogP contribution in [0.15, 0.2) is 23.4 Å². The summed E-state index contributed by atoms with van der Waals surface area (Å²) in [5.74, 6) is 0.228. The van der Waals surface area contributed by atoms with Gasteiger partial charge in [0, 0.05) is 24.2 Å². The van der Waals surface area contributed by atoms with Gasteiger partial charge in [-0.1, -0.05) is 11.3 Å². The van der Waals surface area contributed by atoms with E-state index in [4.69, 9.17) is 5.73 Å². The van der Waals surface area contributed by atoms with E-state index in [1.807, 2.05) is 0 Å². The highest BCUT2D eigenvalue weighted by Crippen LogP contribution is 2.18. The molecule has 0 bridgehead atoms. The van der Waals surface area contributed by atoms with Gasteiger partial charge in [-0.3, -0.25) is 4.79 Å². The molecule has 0 atom stereocenters. The molecule has 2 aromatic rings. The van der Waals surface area contributed by atoms with Crippen molar-refractivity contribution in [1.29, 1.82) is 0 Å². The second-order valence-electron chi connectivity index (χ2n) is 2.37. The Hall–Kier alpha value is -1.69. The first-order valence-corrected chi connectivity index (χ1v) is 4.34. The summed E-state index contributed by atoms with van der Waals surface area (Å²) in [6, 6.07) is 0. The first-order valence-electron chi connectivity index (χ1n) is 3.52. The Bertz CT molecular complexity index is 458. The number of H-pyrrole nitrogens is 1. The van der Waals surface area contributed by atoms with Crippen LogP contribution in [0.1, 0.15) is 0 Å². The van der Waals surface area contributed by atoms with Crippen LogP contribution >= 0.6 is 11.3 Å². The standard InChI is InChI=1S/C7H6N4OS/c8-6-9-1-4(2-10-6)5-3-11-7(12)13-5/h1-3H,(H,11,12)(H2,8,9,10). The third-order valence-electron chi connectivity index (χ3n) is 1.48. The molecule has 2 heterocycles. The van der Waals surface area contributed by atoms with E-state index in [9.17, 15) is 4.79 Å². The van der Waals surface area contributed by atoms with E-state index >= 15 is 0 Å². The maximum Gasteiger partial charge on any atom is 0.305 e. The molecule has 0 saturated carbocycles. The molecular formula is C7H6N4OS. The van der Waals surface area contributed by atoms with Gasteiger partial charge < -0.3 is 10.7 Å². The summed E-state index contributed by atoms with van der Waals surface area (Å²) in [5, 5.41) is 0. The number of thiazole rings is 1.